The van der Waals surface area contributed by atoms with Gasteiger partial charge in [0.2, 0.25) is 5.78 Å². The fourth-order valence-electron chi connectivity index (χ4n) is 2.71. The molecule has 0 spiro atoms. The molecule has 3 rings (SSSR count). The van der Waals surface area contributed by atoms with Crippen LogP contribution in [-0.4, -0.2) is 26.9 Å². The van der Waals surface area contributed by atoms with Crippen molar-refractivity contribution in [3.63, 3.8) is 0 Å². The highest BCUT2D eigenvalue weighted by Gasteiger charge is 2.30. The Hall–Kier alpha value is -1.91. The van der Waals surface area contributed by atoms with Gasteiger partial charge in [-0.25, -0.2) is 0 Å². The van der Waals surface area contributed by atoms with Gasteiger partial charge in [-0.1, -0.05) is 30.3 Å². The minimum absolute atomic E-state index is 0.0278. The number of rotatable bonds is 3. The number of aromatic nitrogens is 1. The number of aliphatic hydroxyl groups excluding tert-OH is 1. The number of benzene rings is 1. The average Bonchev–Trinajstić information content (AvgIpc) is 2.99. The molecule has 0 saturated heterocycles. The summed E-state index contributed by atoms with van der Waals surface area (Å²) in [6.45, 7) is 0.651. The zero-order valence-corrected chi connectivity index (χ0v) is 10.4. The molecule has 1 unspecified atom stereocenters. The first-order valence-corrected chi connectivity index (χ1v) is 6.34. The summed E-state index contributed by atoms with van der Waals surface area (Å²) < 4.78 is 1.89. The number of ketones is 1. The fourth-order valence-corrected chi connectivity index (χ4v) is 2.71. The van der Waals surface area contributed by atoms with Crippen molar-refractivity contribution in [3.05, 3.63) is 59.4 Å². The second-order valence-corrected chi connectivity index (χ2v) is 4.80. The first-order chi connectivity index (χ1) is 9.18. The highest BCUT2D eigenvalue weighted by Crippen LogP contribution is 2.32. The van der Waals surface area contributed by atoms with E-state index in [9.17, 15) is 15.0 Å². The van der Waals surface area contributed by atoms with Gasteiger partial charge in [0.15, 0.2) is 6.29 Å². The Kier molecular flexibility index (Phi) is 2.97. The van der Waals surface area contributed by atoms with Crippen molar-refractivity contribution in [2.24, 2.45) is 0 Å². The van der Waals surface area contributed by atoms with E-state index in [2.05, 4.69) is 0 Å². The van der Waals surface area contributed by atoms with Gasteiger partial charge in [-0.2, -0.15) is 0 Å². The molecule has 4 nitrogen and oxygen atoms in total. The maximum absolute atomic E-state index is 12.4. The molecule has 1 aromatic heterocycles. The van der Waals surface area contributed by atoms with Gasteiger partial charge in [0.05, 0.1) is 11.6 Å². The Morgan fingerprint density at radius 1 is 1.16 bits per heavy atom. The Balaban J connectivity index is 1.97. The number of carbonyl (C=O) groups is 1. The first-order valence-electron chi connectivity index (χ1n) is 6.34. The van der Waals surface area contributed by atoms with Crippen molar-refractivity contribution in [2.75, 3.05) is 0 Å². The number of hydrogen-bond acceptors (Lipinski definition) is 3. The summed E-state index contributed by atoms with van der Waals surface area (Å²) in [7, 11) is 0. The molecule has 0 fully saturated rings. The molecule has 2 N–H and O–H groups in total. The van der Waals surface area contributed by atoms with Gasteiger partial charge < -0.3 is 14.8 Å². The van der Waals surface area contributed by atoms with Crippen molar-refractivity contribution < 1.29 is 15.0 Å². The van der Waals surface area contributed by atoms with E-state index in [1.807, 2.05) is 28.8 Å². The van der Waals surface area contributed by atoms with Crippen LogP contribution in [0.5, 0.6) is 0 Å². The topological polar surface area (TPSA) is 62.5 Å². The smallest absolute Gasteiger partial charge is 0.209 e. The van der Waals surface area contributed by atoms with Crippen molar-refractivity contribution in [1.82, 2.24) is 4.57 Å². The van der Waals surface area contributed by atoms with Crippen LogP contribution in [-0.2, 0) is 6.54 Å². The molecule has 1 aliphatic rings. The predicted octanol–water partition coefficient (Wildman–Crippen LogP) is 1.52. The Morgan fingerprint density at radius 2 is 1.89 bits per heavy atom. The van der Waals surface area contributed by atoms with E-state index in [1.165, 1.54) is 0 Å². The van der Waals surface area contributed by atoms with Gasteiger partial charge in [-0.3, -0.25) is 4.79 Å². The summed E-state index contributed by atoms with van der Waals surface area (Å²) in [5.41, 5.74) is 2.09. The quantitative estimate of drug-likeness (QED) is 0.647. The van der Waals surface area contributed by atoms with Crippen LogP contribution in [0.3, 0.4) is 0 Å². The van der Waals surface area contributed by atoms with E-state index in [-0.39, 0.29) is 11.7 Å². The highest BCUT2D eigenvalue weighted by molar-refractivity contribution is 6.08. The van der Waals surface area contributed by atoms with Crippen LogP contribution in [0, 0.1) is 0 Å². The third-order valence-corrected chi connectivity index (χ3v) is 3.69. The molecular weight excluding hydrogens is 242 g/mol. The second kappa shape index (κ2) is 4.64. The summed E-state index contributed by atoms with van der Waals surface area (Å²) in [6, 6.07) is 12.7. The molecule has 1 aromatic carbocycles. The predicted molar refractivity (Wildman–Crippen MR) is 69.9 cm³/mol. The number of nitrogens with zero attached hydrogens (tertiary/aromatic N) is 1. The lowest BCUT2D eigenvalue weighted by atomic mass is 10.0. The number of fused-ring (bicyclic) bond motifs is 1. The lowest BCUT2D eigenvalue weighted by Gasteiger charge is -2.10. The molecule has 2 aromatic rings. The summed E-state index contributed by atoms with van der Waals surface area (Å²) in [4.78, 5) is 12.4. The zero-order chi connectivity index (χ0) is 13.4. The number of aliphatic hydroxyl groups is 2. The van der Waals surface area contributed by atoms with E-state index >= 15 is 0 Å². The van der Waals surface area contributed by atoms with Crippen LogP contribution >= 0.6 is 0 Å². The number of hydrogen-bond donors (Lipinski definition) is 2. The van der Waals surface area contributed by atoms with Gasteiger partial charge in [-0.05, 0) is 18.6 Å². The lowest BCUT2D eigenvalue weighted by molar-refractivity contribution is -0.0598. The Morgan fingerprint density at radius 3 is 2.58 bits per heavy atom. The van der Waals surface area contributed by atoms with Crippen molar-refractivity contribution in [1.29, 1.82) is 0 Å². The van der Waals surface area contributed by atoms with Gasteiger partial charge in [0, 0.05) is 17.8 Å². The minimum atomic E-state index is -1.36. The molecule has 0 saturated carbocycles. The van der Waals surface area contributed by atoms with E-state index in [4.69, 9.17) is 0 Å². The normalized spacial score (nSPS) is 17.7. The summed E-state index contributed by atoms with van der Waals surface area (Å²) in [6.07, 6.45) is -0.709. The summed E-state index contributed by atoms with van der Waals surface area (Å²) in [5, 5.41) is 18.6. The van der Waals surface area contributed by atoms with E-state index < -0.39 is 6.29 Å². The van der Waals surface area contributed by atoms with Crippen LogP contribution in [0.1, 0.15) is 34.1 Å². The molecule has 0 radical (unpaired) electrons. The zero-order valence-electron chi connectivity index (χ0n) is 10.4. The molecule has 98 valence electrons. The van der Waals surface area contributed by atoms with E-state index in [0.717, 1.165) is 5.69 Å². The third kappa shape index (κ3) is 1.99. The molecule has 4 heteroatoms. The molecule has 0 aliphatic carbocycles. The minimum Gasteiger partial charge on any atom is -0.368 e. The van der Waals surface area contributed by atoms with Crippen LogP contribution in [0.2, 0.25) is 0 Å². The Bertz CT molecular complexity index is 601. The van der Waals surface area contributed by atoms with Crippen LogP contribution in [0.4, 0.5) is 0 Å². The SMILES string of the molecule is O=C(c1ccccc1)c1ccc2n1CCC2C(O)O. The first kappa shape index (κ1) is 12.1. The third-order valence-electron chi connectivity index (χ3n) is 3.69. The molecule has 1 aliphatic heterocycles. The Labute approximate surface area is 110 Å². The maximum Gasteiger partial charge on any atom is 0.209 e. The summed E-state index contributed by atoms with van der Waals surface area (Å²) in [5.74, 6) is -0.322. The van der Waals surface area contributed by atoms with Gasteiger partial charge in [0.1, 0.15) is 0 Å². The van der Waals surface area contributed by atoms with Crippen LogP contribution < -0.4 is 0 Å². The largest absolute Gasteiger partial charge is 0.368 e. The van der Waals surface area contributed by atoms with Gasteiger partial charge in [-0.15, -0.1) is 0 Å². The van der Waals surface area contributed by atoms with Gasteiger partial charge >= 0.3 is 0 Å². The van der Waals surface area contributed by atoms with E-state index in [0.29, 0.717) is 24.2 Å². The standard InChI is InChI=1S/C15H15NO3/c17-14(10-4-2-1-3-5-10)13-7-6-12-11(15(18)19)8-9-16(12)13/h1-7,11,15,18-19H,8-9H2. The molecule has 0 amide bonds. The monoisotopic (exact) mass is 257 g/mol. The van der Waals surface area contributed by atoms with E-state index in [1.54, 1.807) is 18.2 Å². The van der Waals surface area contributed by atoms with Crippen molar-refractivity contribution >= 4 is 5.78 Å². The van der Waals surface area contributed by atoms with Crippen molar-refractivity contribution in [2.45, 2.75) is 25.2 Å². The number of carbonyl (C=O) groups excluding carboxylic acids is 1. The maximum atomic E-state index is 12.4. The van der Waals surface area contributed by atoms with Crippen LogP contribution in [0.25, 0.3) is 0 Å². The van der Waals surface area contributed by atoms with Crippen molar-refractivity contribution in [3.8, 4) is 0 Å². The summed E-state index contributed by atoms with van der Waals surface area (Å²) >= 11 is 0. The van der Waals surface area contributed by atoms with Gasteiger partial charge in [0.25, 0.3) is 0 Å². The average molecular weight is 257 g/mol. The molecule has 19 heavy (non-hydrogen) atoms. The van der Waals surface area contributed by atoms with Crippen LogP contribution in [0.15, 0.2) is 42.5 Å². The lowest BCUT2D eigenvalue weighted by Crippen LogP contribution is -2.15. The second-order valence-electron chi connectivity index (χ2n) is 4.80. The fraction of sp³-hybridized carbons (Fsp3) is 0.267. The molecule has 2 heterocycles. The molecular formula is C15H15NO3. The highest BCUT2D eigenvalue weighted by atomic mass is 16.5. The molecule has 0 bridgehead atoms. The molecule has 1 atom stereocenters.